The van der Waals surface area contributed by atoms with Crippen LogP contribution >= 0.6 is 0 Å². The number of nitrogens with one attached hydrogen (secondary N) is 2. The van der Waals surface area contributed by atoms with Gasteiger partial charge in [0.1, 0.15) is 5.54 Å². The number of urea groups is 1. The van der Waals surface area contributed by atoms with Crippen molar-refractivity contribution in [2.45, 2.75) is 64.0 Å². The molecule has 2 N–H and O–H groups in total. The second-order valence-corrected chi connectivity index (χ2v) is 7.86. The summed E-state index contributed by atoms with van der Waals surface area (Å²) in [5, 5.41) is 5.79. The number of hydrogen-bond acceptors (Lipinski definition) is 4. The van der Waals surface area contributed by atoms with Gasteiger partial charge in [0.2, 0.25) is 5.91 Å². The van der Waals surface area contributed by atoms with Gasteiger partial charge in [0.15, 0.2) is 0 Å². The second kappa shape index (κ2) is 8.17. The van der Waals surface area contributed by atoms with E-state index in [4.69, 9.17) is 0 Å². The SMILES string of the molecule is CC(C)C(CNC(=O)CCN1C(=O)NC2(CCCCC2)C1=O)N(C)C. The van der Waals surface area contributed by atoms with E-state index in [9.17, 15) is 14.4 Å². The van der Waals surface area contributed by atoms with Crippen LogP contribution in [0.5, 0.6) is 0 Å². The lowest BCUT2D eigenvalue weighted by molar-refractivity contribution is -0.132. The van der Waals surface area contributed by atoms with E-state index in [1.54, 1.807) is 0 Å². The van der Waals surface area contributed by atoms with Gasteiger partial charge in [-0.25, -0.2) is 4.79 Å². The van der Waals surface area contributed by atoms with Crippen molar-refractivity contribution in [2.24, 2.45) is 5.92 Å². The molecule has 7 heteroatoms. The van der Waals surface area contributed by atoms with Crippen LogP contribution in [0.2, 0.25) is 0 Å². The fourth-order valence-electron chi connectivity index (χ4n) is 3.91. The first-order valence-electron chi connectivity index (χ1n) is 9.34. The van der Waals surface area contributed by atoms with Crippen LogP contribution < -0.4 is 10.6 Å². The number of likely N-dealkylation sites (N-methyl/N-ethyl adjacent to an activating group) is 1. The quantitative estimate of drug-likeness (QED) is 0.678. The van der Waals surface area contributed by atoms with Gasteiger partial charge >= 0.3 is 6.03 Å². The third-order valence-electron chi connectivity index (χ3n) is 5.46. The summed E-state index contributed by atoms with van der Waals surface area (Å²) in [5.74, 6) is 0.142. The summed E-state index contributed by atoms with van der Waals surface area (Å²) < 4.78 is 0. The molecule has 25 heavy (non-hydrogen) atoms. The summed E-state index contributed by atoms with van der Waals surface area (Å²) in [5.41, 5.74) is -0.709. The molecule has 1 heterocycles. The molecule has 1 saturated heterocycles. The van der Waals surface area contributed by atoms with Gasteiger partial charge < -0.3 is 15.5 Å². The molecule has 7 nitrogen and oxygen atoms in total. The van der Waals surface area contributed by atoms with Crippen LogP contribution in [0, 0.1) is 5.92 Å². The Morgan fingerprint density at radius 3 is 2.44 bits per heavy atom. The molecule has 0 radical (unpaired) electrons. The van der Waals surface area contributed by atoms with Crippen molar-refractivity contribution in [2.75, 3.05) is 27.2 Å². The van der Waals surface area contributed by atoms with E-state index in [0.29, 0.717) is 25.3 Å². The van der Waals surface area contributed by atoms with Gasteiger partial charge in [-0.05, 0) is 32.9 Å². The lowest BCUT2D eigenvalue weighted by atomic mass is 9.82. The monoisotopic (exact) mass is 352 g/mol. The molecule has 1 atom stereocenters. The molecular weight excluding hydrogens is 320 g/mol. The number of nitrogens with zero attached hydrogens (tertiary/aromatic N) is 2. The number of imide groups is 1. The smallest absolute Gasteiger partial charge is 0.325 e. The Morgan fingerprint density at radius 2 is 1.88 bits per heavy atom. The zero-order chi connectivity index (χ0) is 18.6. The minimum Gasteiger partial charge on any atom is -0.354 e. The van der Waals surface area contributed by atoms with Gasteiger partial charge in [0.25, 0.3) is 5.91 Å². The number of carbonyl (C=O) groups is 3. The number of hydrogen-bond donors (Lipinski definition) is 2. The molecule has 1 spiro atoms. The Morgan fingerprint density at radius 1 is 1.24 bits per heavy atom. The molecule has 4 amide bonds. The average molecular weight is 352 g/mol. The number of carbonyl (C=O) groups excluding carboxylic acids is 3. The maximum Gasteiger partial charge on any atom is 0.325 e. The van der Waals surface area contributed by atoms with E-state index in [1.807, 2.05) is 14.1 Å². The van der Waals surface area contributed by atoms with Gasteiger partial charge in [-0.2, -0.15) is 0 Å². The second-order valence-electron chi connectivity index (χ2n) is 7.86. The van der Waals surface area contributed by atoms with Crippen molar-refractivity contribution in [1.29, 1.82) is 0 Å². The fraction of sp³-hybridized carbons (Fsp3) is 0.833. The highest BCUT2D eigenvalue weighted by Crippen LogP contribution is 2.33. The van der Waals surface area contributed by atoms with Crippen LogP contribution in [0.25, 0.3) is 0 Å². The normalized spacial score (nSPS) is 21.1. The van der Waals surface area contributed by atoms with E-state index >= 15 is 0 Å². The summed E-state index contributed by atoms with van der Waals surface area (Å²) in [4.78, 5) is 40.3. The Balaban J connectivity index is 1.83. The molecule has 1 aliphatic heterocycles. The summed E-state index contributed by atoms with van der Waals surface area (Å²) in [7, 11) is 3.99. The van der Waals surface area contributed by atoms with Crippen LogP contribution in [0.15, 0.2) is 0 Å². The van der Waals surface area contributed by atoms with Crippen LogP contribution in [0.3, 0.4) is 0 Å². The maximum atomic E-state index is 12.7. The highest BCUT2D eigenvalue weighted by Gasteiger charge is 2.51. The first kappa shape index (κ1) is 19.7. The van der Waals surface area contributed by atoms with Crippen molar-refractivity contribution in [1.82, 2.24) is 20.4 Å². The van der Waals surface area contributed by atoms with Crippen molar-refractivity contribution >= 4 is 17.8 Å². The van der Waals surface area contributed by atoms with Crippen molar-refractivity contribution in [3.05, 3.63) is 0 Å². The summed E-state index contributed by atoms with van der Waals surface area (Å²) in [6.45, 7) is 4.95. The molecule has 0 aromatic carbocycles. The Bertz CT molecular complexity index is 504. The summed E-state index contributed by atoms with van der Waals surface area (Å²) in [6.07, 6.45) is 4.59. The summed E-state index contributed by atoms with van der Waals surface area (Å²) in [6, 6.07) is -0.0979. The van der Waals surface area contributed by atoms with Crippen LogP contribution in [-0.2, 0) is 9.59 Å². The van der Waals surface area contributed by atoms with Crippen molar-refractivity contribution in [3.8, 4) is 0 Å². The van der Waals surface area contributed by atoms with Gasteiger partial charge in [0.05, 0.1) is 0 Å². The van der Waals surface area contributed by atoms with E-state index < -0.39 is 5.54 Å². The fourth-order valence-corrected chi connectivity index (χ4v) is 3.91. The van der Waals surface area contributed by atoms with Gasteiger partial charge in [-0.15, -0.1) is 0 Å². The number of rotatable bonds is 7. The predicted molar refractivity (Wildman–Crippen MR) is 96.0 cm³/mol. The lowest BCUT2D eigenvalue weighted by Crippen LogP contribution is -2.48. The molecule has 1 unspecified atom stereocenters. The molecule has 142 valence electrons. The molecule has 2 rings (SSSR count). The Labute approximate surface area is 150 Å². The molecule has 0 bridgehead atoms. The number of amides is 4. The first-order chi connectivity index (χ1) is 11.8. The molecule has 2 fully saturated rings. The topological polar surface area (TPSA) is 81.8 Å². The molecule has 2 aliphatic rings. The predicted octanol–water partition coefficient (Wildman–Crippen LogP) is 1.33. The standard InChI is InChI=1S/C18H32N4O3/c1-13(2)14(21(3)4)12-19-15(23)8-11-22-16(24)18(20-17(22)25)9-6-5-7-10-18/h13-14H,5-12H2,1-4H3,(H,19,23)(H,20,25). The highest BCUT2D eigenvalue weighted by atomic mass is 16.2. The zero-order valence-electron chi connectivity index (χ0n) is 15.9. The van der Waals surface area contributed by atoms with Crippen molar-refractivity contribution < 1.29 is 14.4 Å². The Hall–Kier alpha value is -1.63. The van der Waals surface area contributed by atoms with E-state index in [2.05, 4.69) is 29.4 Å². The third-order valence-corrected chi connectivity index (χ3v) is 5.46. The average Bonchev–Trinajstić information content (AvgIpc) is 2.76. The maximum absolute atomic E-state index is 12.7. The highest BCUT2D eigenvalue weighted by molar-refractivity contribution is 6.07. The largest absolute Gasteiger partial charge is 0.354 e. The van der Waals surface area contributed by atoms with Gasteiger partial charge in [0, 0.05) is 25.6 Å². The van der Waals surface area contributed by atoms with Crippen LogP contribution in [-0.4, -0.2) is 66.4 Å². The third kappa shape index (κ3) is 4.51. The van der Waals surface area contributed by atoms with E-state index in [1.165, 1.54) is 4.90 Å². The summed E-state index contributed by atoms with van der Waals surface area (Å²) >= 11 is 0. The van der Waals surface area contributed by atoms with E-state index in [-0.39, 0.29) is 36.9 Å². The van der Waals surface area contributed by atoms with Crippen LogP contribution in [0.1, 0.15) is 52.4 Å². The molecular formula is C18H32N4O3. The molecule has 0 aromatic rings. The van der Waals surface area contributed by atoms with Gasteiger partial charge in [-0.3, -0.25) is 14.5 Å². The first-order valence-corrected chi connectivity index (χ1v) is 9.34. The van der Waals surface area contributed by atoms with Crippen LogP contribution in [0.4, 0.5) is 4.79 Å². The lowest BCUT2D eigenvalue weighted by Gasteiger charge is -2.30. The molecule has 1 saturated carbocycles. The minimum absolute atomic E-state index is 0.127. The minimum atomic E-state index is -0.709. The zero-order valence-corrected chi connectivity index (χ0v) is 15.9. The Kier molecular flexibility index (Phi) is 6.43. The van der Waals surface area contributed by atoms with Gasteiger partial charge in [-0.1, -0.05) is 33.1 Å². The van der Waals surface area contributed by atoms with Crippen molar-refractivity contribution in [3.63, 3.8) is 0 Å². The molecule has 1 aliphatic carbocycles. The molecule has 0 aromatic heterocycles. The van der Waals surface area contributed by atoms with E-state index in [0.717, 1.165) is 19.3 Å².